The standard InChI is InChI=1S/C27H26FN9O9S3/c1-3-37(17-8-6-9-19(14-17)48(41,42)43)27-33-24(28)32-26(34-27)30-16-7-5-10-20(22(13-16)31-25(29)38)35-36-21-12-11-18(47(39,40)4-2)15-23(21)49(44,45)46/h4-15,20H,2-3H2,1H3,(H3,29,31,38)(H,41,42,43)(H,44,45,46)(H,30,32,33,34). The fourth-order valence-electron chi connectivity index (χ4n) is 4.18. The molecule has 22 heteroatoms. The van der Waals surface area contributed by atoms with Crippen molar-refractivity contribution >= 4 is 59.4 Å². The number of rotatable bonds is 12. The number of allylic oxidation sites excluding steroid dienone is 3. The Labute approximate surface area is 279 Å². The third kappa shape index (κ3) is 9.14. The van der Waals surface area contributed by atoms with Crippen molar-refractivity contribution in [3.05, 3.63) is 96.2 Å². The lowest BCUT2D eigenvalue weighted by Crippen LogP contribution is -2.32. The molecule has 0 saturated carbocycles. The van der Waals surface area contributed by atoms with Crippen molar-refractivity contribution in [2.75, 3.05) is 16.8 Å². The molecule has 3 aromatic rings. The Kier molecular flexibility index (Phi) is 10.7. The van der Waals surface area contributed by atoms with Gasteiger partial charge in [0.25, 0.3) is 20.2 Å². The van der Waals surface area contributed by atoms with E-state index in [0.717, 1.165) is 24.3 Å². The molecule has 6 N–H and O–H groups in total. The molecular weight excluding hydrogens is 710 g/mol. The van der Waals surface area contributed by atoms with Gasteiger partial charge in [-0.2, -0.15) is 46.4 Å². The number of benzene rings is 2. The minimum Gasteiger partial charge on any atom is -0.351 e. The molecule has 1 heterocycles. The van der Waals surface area contributed by atoms with Gasteiger partial charge in [0, 0.05) is 23.3 Å². The minimum absolute atomic E-state index is 0.0324. The number of primary amides is 1. The van der Waals surface area contributed by atoms with Crippen LogP contribution in [-0.2, 0) is 30.1 Å². The Hall–Kier alpha value is -5.42. The predicted octanol–water partition coefficient (Wildman–Crippen LogP) is 3.15. The summed E-state index contributed by atoms with van der Waals surface area (Å²) in [7, 11) is -13.6. The monoisotopic (exact) mass is 735 g/mol. The summed E-state index contributed by atoms with van der Waals surface area (Å²) in [4.78, 5) is 22.9. The topological polar surface area (TPSA) is 277 Å². The van der Waals surface area contributed by atoms with Crippen molar-refractivity contribution in [2.24, 2.45) is 16.0 Å². The van der Waals surface area contributed by atoms with Gasteiger partial charge in [-0.15, -0.1) is 0 Å². The van der Waals surface area contributed by atoms with Gasteiger partial charge in [-0.25, -0.2) is 13.2 Å². The van der Waals surface area contributed by atoms with Gasteiger partial charge in [0.1, 0.15) is 16.6 Å². The number of carbonyl (C=O) groups excluding carboxylic acids is 1. The second-order valence-electron chi connectivity index (χ2n) is 9.64. The van der Waals surface area contributed by atoms with Crippen LogP contribution in [0.15, 0.2) is 115 Å². The van der Waals surface area contributed by atoms with Crippen LogP contribution in [0.25, 0.3) is 0 Å². The van der Waals surface area contributed by atoms with Crippen LogP contribution in [0.2, 0.25) is 0 Å². The third-order valence-electron chi connectivity index (χ3n) is 6.35. The van der Waals surface area contributed by atoms with Gasteiger partial charge < -0.3 is 21.3 Å². The normalized spacial score (nSPS) is 15.2. The number of carbonyl (C=O) groups is 1. The molecule has 258 valence electrons. The molecule has 1 aliphatic rings. The van der Waals surface area contributed by atoms with E-state index in [-0.39, 0.29) is 35.5 Å². The number of halogens is 1. The maximum Gasteiger partial charge on any atom is 0.316 e. The molecule has 1 aliphatic carbocycles. The van der Waals surface area contributed by atoms with Crippen molar-refractivity contribution in [2.45, 2.75) is 27.7 Å². The molecule has 4 rings (SSSR count). The number of nitrogens with two attached hydrogens (primary N) is 1. The lowest BCUT2D eigenvalue weighted by molar-refractivity contribution is 0.251. The van der Waals surface area contributed by atoms with E-state index in [1.54, 1.807) is 6.92 Å². The summed E-state index contributed by atoms with van der Waals surface area (Å²) in [6, 6.07) is 5.67. The van der Waals surface area contributed by atoms with Crippen LogP contribution in [0.4, 0.5) is 32.5 Å². The Balaban J connectivity index is 1.67. The van der Waals surface area contributed by atoms with E-state index in [0.29, 0.717) is 11.5 Å². The zero-order valence-corrected chi connectivity index (χ0v) is 27.5. The summed E-state index contributed by atoms with van der Waals surface area (Å²) in [5, 5.41) is 13.6. The highest BCUT2D eigenvalue weighted by atomic mass is 32.2. The van der Waals surface area contributed by atoms with E-state index in [2.05, 4.69) is 42.4 Å². The van der Waals surface area contributed by atoms with Crippen LogP contribution in [0.5, 0.6) is 0 Å². The van der Waals surface area contributed by atoms with Gasteiger partial charge in [-0.05, 0) is 55.5 Å². The summed E-state index contributed by atoms with van der Waals surface area (Å²) >= 11 is 0. The number of urea groups is 1. The number of nitrogens with one attached hydrogen (secondary N) is 2. The van der Waals surface area contributed by atoms with Crippen molar-refractivity contribution in [1.82, 2.24) is 20.3 Å². The second-order valence-corrected chi connectivity index (χ2v) is 14.3. The molecule has 0 radical (unpaired) electrons. The van der Waals surface area contributed by atoms with Crippen LogP contribution in [-0.4, -0.2) is 67.9 Å². The number of amides is 2. The SMILES string of the molecule is C=CS(=O)(=O)c1ccc(N=NC2C=CC=C(Nc3nc(F)nc(N(CC)c4cccc(S(=O)(=O)O)c4)n3)C=C2NC(N)=O)c(S(=O)(=O)O)c1. The van der Waals surface area contributed by atoms with Crippen molar-refractivity contribution in [1.29, 1.82) is 0 Å². The molecule has 2 amide bonds. The number of azo groups is 1. The van der Waals surface area contributed by atoms with Crippen LogP contribution in [0, 0.1) is 6.08 Å². The zero-order chi connectivity index (χ0) is 36.1. The van der Waals surface area contributed by atoms with Gasteiger partial charge in [0.05, 0.1) is 15.5 Å². The molecule has 49 heavy (non-hydrogen) atoms. The number of hydrogen-bond acceptors (Lipinski definition) is 14. The smallest absolute Gasteiger partial charge is 0.316 e. The van der Waals surface area contributed by atoms with Gasteiger partial charge in [-0.3, -0.25) is 9.11 Å². The summed E-state index contributed by atoms with van der Waals surface area (Å²) in [5.74, 6) is -0.559. The molecule has 1 unspecified atom stereocenters. The first-order valence-electron chi connectivity index (χ1n) is 13.5. The summed E-state index contributed by atoms with van der Waals surface area (Å²) in [6.07, 6.45) is 4.34. The minimum atomic E-state index is -4.99. The lowest BCUT2D eigenvalue weighted by Gasteiger charge is -2.21. The number of aromatic nitrogens is 3. The Morgan fingerprint density at radius 2 is 1.80 bits per heavy atom. The summed E-state index contributed by atoms with van der Waals surface area (Å²) in [6.45, 7) is 4.96. The first-order valence-corrected chi connectivity index (χ1v) is 17.9. The fourth-order valence-corrected chi connectivity index (χ4v) is 6.15. The molecule has 1 atom stereocenters. The molecule has 2 aromatic carbocycles. The van der Waals surface area contributed by atoms with Crippen molar-refractivity contribution in [3.63, 3.8) is 0 Å². The molecular formula is C27H26FN9O9S3. The van der Waals surface area contributed by atoms with Gasteiger partial charge in [0.2, 0.25) is 11.9 Å². The van der Waals surface area contributed by atoms with Crippen LogP contribution < -0.4 is 21.3 Å². The van der Waals surface area contributed by atoms with Gasteiger partial charge in [-0.1, -0.05) is 24.8 Å². The second kappa shape index (κ2) is 14.4. The lowest BCUT2D eigenvalue weighted by atomic mass is 10.2. The maximum absolute atomic E-state index is 14.6. The molecule has 18 nitrogen and oxygen atoms in total. The van der Waals surface area contributed by atoms with E-state index in [1.165, 1.54) is 41.3 Å². The quantitative estimate of drug-likeness (QED) is 0.132. The zero-order valence-electron chi connectivity index (χ0n) is 25.0. The van der Waals surface area contributed by atoms with Crippen LogP contribution >= 0.6 is 0 Å². The number of nitrogens with zero attached hydrogens (tertiary/aromatic N) is 6. The average molecular weight is 736 g/mol. The summed E-state index contributed by atoms with van der Waals surface area (Å²) < 4.78 is 105. The molecule has 0 aliphatic heterocycles. The fraction of sp³-hybridized carbons (Fsp3) is 0.111. The van der Waals surface area contributed by atoms with E-state index >= 15 is 0 Å². The number of hydrogen-bond donors (Lipinski definition) is 5. The van der Waals surface area contributed by atoms with Crippen LogP contribution in [0.3, 0.4) is 0 Å². The highest BCUT2D eigenvalue weighted by Crippen LogP contribution is 2.30. The predicted molar refractivity (Wildman–Crippen MR) is 172 cm³/mol. The molecule has 0 spiro atoms. The Morgan fingerprint density at radius 3 is 2.43 bits per heavy atom. The Morgan fingerprint density at radius 1 is 1.06 bits per heavy atom. The molecule has 1 aromatic heterocycles. The maximum atomic E-state index is 14.6. The average Bonchev–Trinajstić information content (AvgIpc) is 3.20. The Bertz CT molecular complexity index is 2280. The molecule has 0 fully saturated rings. The third-order valence-corrected chi connectivity index (χ3v) is 9.43. The van der Waals surface area contributed by atoms with E-state index in [9.17, 15) is 43.5 Å². The van der Waals surface area contributed by atoms with E-state index in [1.807, 2.05) is 0 Å². The van der Waals surface area contributed by atoms with E-state index in [4.69, 9.17) is 5.73 Å². The first-order chi connectivity index (χ1) is 22.9. The number of anilines is 3. The molecule has 0 bridgehead atoms. The molecule has 0 saturated heterocycles. The van der Waals surface area contributed by atoms with E-state index < -0.39 is 68.6 Å². The van der Waals surface area contributed by atoms with Gasteiger partial charge in [0.15, 0.2) is 9.84 Å². The number of sulfone groups is 1. The summed E-state index contributed by atoms with van der Waals surface area (Å²) in [5.41, 5.74) is 5.21. The van der Waals surface area contributed by atoms with Crippen LogP contribution in [0.1, 0.15) is 6.92 Å². The van der Waals surface area contributed by atoms with Crippen molar-refractivity contribution < 1.29 is 43.5 Å². The first kappa shape index (κ1) is 36.4. The largest absolute Gasteiger partial charge is 0.351 e. The highest BCUT2D eigenvalue weighted by Gasteiger charge is 2.22. The highest BCUT2D eigenvalue weighted by molar-refractivity contribution is 7.94. The van der Waals surface area contributed by atoms with Crippen molar-refractivity contribution in [3.8, 4) is 0 Å². The van der Waals surface area contributed by atoms with Gasteiger partial charge >= 0.3 is 12.1 Å².